The molecule has 0 aliphatic heterocycles. The van der Waals surface area contributed by atoms with Gasteiger partial charge < -0.3 is 5.32 Å². The van der Waals surface area contributed by atoms with Crippen LogP contribution in [0.25, 0.3) is 0 Å². The molecule has 0 saturated heterocycles. The van der Waals surface area contributed by atoms with E-state index in [1.54, 1.807) is 0 Å². The summed E-state index contributed by atoms with van der Waals surface area (Å²) in [6, 6.07) is 0.308. The zero-order valence-electron chi connectivity index (χ0n) is 12.3. The van der Waals surface area contributed by atoms with E-state index in [4.69, 9.17) is 4.18 Å². The molecule has 5 nitrogen and oxygen atoms in total. The third-order valence-electron chi connectivity index (χ3n) is 4.53. The van der Waals surface area contributed by atoms with Gasteiger partial charge >= 0.3 is 0 Å². The molecule has 20 heavy (non-hydrogen) atoms. The third kappa shape index (κ3) is 4.74. The minimum atomic E-state index is -3.40. The standard InChI is InChI=1S/C14H25NO4S/c1-3-10-4-6-12(7-5-10)15-14(16)13-8-11(13)9-19-20(2,17)18/h10-13H,3-9H2,1-2H3,(H,15,16)/t10?,11-,12?,13+/m0/s1. The second-order valence-corrected chi connectivity index (χ2v) is 7.87. The van der Waals surface area contributed by atoms with E-state index >= 15 is 0 Å². The smallest absolute Gasteiger partial charge is 0.264 e. The number of carbonyl (C=O) groups is 1. The van der Waals surface area contributed by atoms with Gasteiger partial charge in [0.2, 0.25) is 5.91 Å². The predicted molar refractivity (Wildman–Crippen MR) is 76.6 cm³/mol. The van der Waals surface area contributed by atoms with Gasteiger partial charge in [-0.05, 0) is 43.9 Å². The highest BCUT2D eigenvalue weighted by atomic mass is 32.2. The number of rotatable bonds is 6. The number of nitrogens with one attached hydrogen (secondary N) is 1. The first-order valence-electron chi connectivity index (χ1n) is 7.53. The van der Waals surface area contributed by atoms with E-state index in [2.05, 4.69) is 12.2 Å². The summed E-state index contributed by atoms with van der Waals surface area (Å²) in [6.07, 6.45) is 7.55. The Morgan fingerprint density at radius 1 is 1.25 bits per heavy atom. The Balaban J connectivity index is 1.67. The number of hydrogen-bond acceptors (Lipinski definition) is 4. The summed E-state index contributed by atoms with van der Waals surface area (Å²) >= 11 is 0. The molecule has 2 aliphatic carbocycles. The summed E-state index contributed by atoms with van der Waals surface area (Å²) in [5.41, 5.74) is 0. The van der Waals surface area contributed by atoms with Crippen molar-refractivity contribution in [1.29, 1.82) is 0 Å². The summed E-state index contributed by atoms with van der Waals surface area (Å²) < 4.78 is 26.5. The van der Waals surface area contributed by atoms with Gasteiger partial charge in [0.15, 0.2) is 0 Å². The lowest BCUT2D eigenvalue weighted by Gasteiger charge is -2.28. The molecule has 1 amide bonds. The average Bonchev–Trinajstić information content (AvgIpc) is 3.16. The summed E-state index contributed by atoms with van der Waals surface area (Å²) in [5, 5.41) is 3.11. The van der Waals surface area contributed by atoms with Crippen molar-refractivity contribution in [3.05, 3.63) is 0 Å². The van der Waals surface area contributed by atoms with Crippen LogP contribution in [0.4, 0.5) is 0 Å². The molecule has 116 valence electrons. The molecule has 0 bridgehead atoms. The monoisotopic (exact) mass is 303 g/mol. The van der Waals surface area contributed by atoms with Crippen LogP contribution >= 0.6 is 0 Å². The molecule has 2 rings (SSSR count). The van der Waals surface area contributed by atoms with E-state index in [1.807, 2.05) is 0 Å². The van der Waals surface area contributed by atoms with Crippen molar-refractivity contribution >= 4 is 16.0 Å². The fraction of sp³-hybridized carbons (Fsp3) is 0.929. The normalized spacial score (nSPS) is 33.7. The van der Waals surface area contributed by atoms with Crippen LogP contribution in [0.3, 0.4) is 0 Å². The first kappa shape index (κ1) is 15.8. The molecule has 2 saturated carbocycles. The number of hydrogen-bond donors (Lipinski definition) is 1. The SMILES string of the molecule is CCC1CCC(NC(=O)[C@@H]2C[C@H]2COS(C)(=O)=O)CC1. The lowest BCUT2D eigenvalue weighted by Crippen LogP contribution is -2.38. The van der Waals surface area contributed by atoms with Crippen LogP contribution in [0.15, 0.2) is 0 Å². The Morgan fingerprint density at radius 3 is 2.45 bits per heavy atom. The van der Waals surface area contributed by atoms with E-state index < -0.39 is 10.1 Å². The molecule has 0 radical (unpaired) electrons. The molecular formula is C14H25NO4S. The lowest BCUT2D eigenvalue weighted by atomic mass is 9.84. The summed E-state index contributed by atoms with van der Waals surface area (Å²) in [6.45, 7) is 2.36. The molecule has 1 N–H and O–H groups in total. The summed E-state index contributed by atoms with van der Waals surface area (Å²) in [5.74, 6) is 0.907. The van der Waals surface area contributed by atoms with Gasteiger partial charge in [-0.15, -0.1) is 0 Å². The van der Waals surface area contributed by atoms with Gasteiger partial charge in [-0.1, -0.05) is 13.3 Å². The molecule has 0 aromatic rings. The Kier molecular flexibility index (Phi) is 5.07. The van der Waals surface area contributed by atoms with E-state index in [0.717, 1.165) is 31.4 Å². The molecule has 6 heteroatoms. The Bertz CT molecular complexity index is 440. The fourth-order valence-electron chi connectivity index (χ4n) is 2.99. The van der Waals surface area contributed by atoms with Crippen LogP contribution in [0.2, 0.25) is 0 Å². The van der Waals surface area contributed by atoms with E-state index in [0.29, 0.717) is 6.04 Å². The highest BCUT2D eigenvalue weighted by Crippen LogP contribution is 2.39. The van der Waals surface area contributed by atoms with E-state index in [9.17, 15) is 13.2 Å². The van der Waals surface area contributed by atoms with Crippen LogP contribution in [-0.2, 0) is 19.1 Å². The molecule has 2 atom stereocenters. The maximum Gasteiger partial charge on any atom is 0.264 e. The molecule has 0 aromatic carbocycles. The van der Waals surface area contributed by atoms with E-state index in [1.165, 1.54) is 19.3 Å². The maximum atomic E-state index is 12.0. The molecule has 0 heterocycles. The van der Waals surface area contributed by atoms with Crippen LogP contribution in [0.1, 0.15) is 45.4 Å². The number of amides is 1. The Morgan fingerprint density at radius 2 is 1.90 bits per heavy atom. The minimum absolute atomic E-state index is 0.0550. The first-order chi connectivity index (χ1) is 9.39. The van der Waals surface area contributed by atoms with Crippen LogP contribution in [0.5, 0.6) is 0 Å². The van der Waals surface area contributed by atoms with Crippen molar-refractivity contribution in [3.8, 4) is 0 Å². The van der Waals surface area contributed by atoms with Crippen molar-refractivity contribution in [2.45, 2.75) is 51.5 Å². The van der Waals surface area contributed by atoms with Gasteiger partial charge in [0, 0.05) is 12.0 Å². The van der Waals surface area contributed by atoms with Crippen molar-refractivity contribution in [2.24, 2.45) is 17.8 Å². The van der Waals surface area contributed by atoms with Gasteiger partial charge in [0.05, 0.1) is 12.9 Å². The number of carbonyl (C=O) groups excluding carboxylic acids is 1. The van der Waals surface area contributed by atoms with Gasteiger partial charge in [-0.25, -0.2) is 0 Å². The van der Waals surface area contributed by atoms with Crippen molar-refractivity contribution < 1.29 is 17.4 Å². The van der Waals surface area contributed by atoms with Gasteiger partial charge in [0.1, 0.15) is 0 Å². The van der Waals surface area contributed by atoms with Crippen LogP contribution < -0.4 is 5.32 Å². The molecule has 0 spiro atoms. The van der Waals surface area contributed by atoms with E-state index in [-0.39, 0.29) is 24.3 Å². The van der Waals surface area contributed by atoms with Crippen molar-refractivity contribution in [1.82, 2.24) is 5.32 Å². The van der Waals surface area contributed by atoms with Crippen molar-refractivity contribution in [3.63, 3.8) is 0 Å². The Labute approximate surface area is 121 Å². The summed E-state index contributed by atoms with van der Waals surface area (Å²) in [4.78, 5) is 12.0. The minimum Gasteiger partial charge on any atom is -0.353 e. The highest BCUT2D eigenvalue weighted by molar-refractivity contribution is 7.85. The van der Waals surface area contributed by atoms with Crippen molar-refractivity contribution in [2.75, 3.05) is 12.9 Å². The van der Waals surface area contributed by atoms with Crippen LogP contribution in [0, 0.1) is 17.8 Å². The maximum absolute atomic E-state index is 12.0. The first-order valence-corrected chi connectivity index (χ1v) is 9.35. The molecule has 0 unspecified atom stereocenters. The molecule has 2 fully saturated rings. The zero-order chi connectivity index (χ0) is 14.8. The van der Waals surface area contributed by atoms with Gasteiger partial charge in [0.25, 0.3) is 10.1 Å². The third-order valence-corrected chi connectivity index (χ3v) is 5.09. The topological polar surface area (TPSA) is 72.5 Å². The lowest BCUT2D eigenvalue weighted by molar-refractivity contribution is -0.123. The predicted octanol–water partition coefficient (Wildman–Crippen LogP) is 1.68. The largest absolute Gasteiger partial charge is 0.353 e. The average molecular weight is 303 g/mol. The molecule has 2 aliphatic rings. The van der Waals surface area contributed by atoms with Gasteiger partial charge in [-0.2, -0.15) is 8.42 Å². The van der Waals surface area contributed by atoms with Gasteiger partial charge in [-0.3, -0.25) is 8.98 Å². The second kappa shape index (κ2) is 6.43. The molecular weight excluding hydrogens is 278 g/mol. The Hall–Kier alpha value is -0.620. The highest BCUT2D eigenvalue weighted by Gasteiger charge is 2.44. The fourth-order valence-corrected chi connectivity index (χ4v) is 3.41. The second-order valence-electron chi connectivity index (χ2n) is 6.23. The summed E-state index contributed by atoms with van der Waals surface area (Å²) in [7, 11) is -3.40. The molecule has 0 aromatic heterocycles. The zero-order valence-corrected chi connectivity index (χ0v) is 13.1. The van der Waals surface area contributed by atoms with Crippen LogP contribution in [-0.4, -0.2) is 33.2 Å². The quantitative estimate of drug-likeness (QED) is 0.758.